The van der Waals surface area contributed by atoms with Gasteiger partial charge in [0.25, 0.3) is 5.91 Å². The number of amides is 1. The van der Waals surface area contributed by atoms with Gasteiger partial charge in [0, 0.05) is 18.7 Å². The number of carbonyl (C=O) groups excluding carboxylic acids is 1. The molecule has 28 heavy (non-hydrogen) atoms. The number of ether oxygens (including phenoxy) is 1. The van der Waals surface area contributed by atoms with Crippen molar-refractivity contribution in [2.75, 3.05) is 14.1 Å². The summed E-state index contributed by atoms with van der Waals surface area (Å²) in [6.45, 7) is 2.27. The van der Waals surface area contributed by atoms with Gasteiger partial charge in [0.1, 0.15) is 12.4 Å². The van der Waals surface area contributed by atoms with Crippen molar-refractivity contribution in [1.29, 1.82) is 0 Å². The van der Waals surface area contributed by atoms with E-state index in [1.807, 2.05) is 74.8 Å². The summed E-state index contributed by atoms with van der Waals surface area (Å²) in [5.74, 6) is 0.732. The Morgan fingerprint density at radius 2 is 1.75 bits per heavy atom. The molecule has 0 fully saturated rings. The lowest BCUT2D eigenvalue weighted by atomic mass is 10.1. The van der Waals surface area contributed by atoms with E-state index >= 15 is 0 Å². The fourth-order valence-electron chi connectivity index (χ4n) is 2.90. The minimum absolute atomic E-state index is 0.0733. The van der Waals surface area contributed by atoms with Crippen molar-refractivity contribution in [3.63, 3.8) is 0 Å². The molecule has 3 rings (SSSR count). The summed E-state index contributed by atoms with van der Waals surface area (Å²) in [7, 11) is 4.05. The van der Waals surface area contributed by atoms with Crippen LogP contribution in [0, 0.1) is 0 Å². The fraction of sp³-hybridized carbons (Fsp3) is 0.261. The highest BCUT2D eigenvalue weighted by atomic mass is 16.5. The third-order valence-corrected chi connectivity index (χ3v) is 4.25. The Bertz CT molecular complexity index is 871. The van der Waals surface area contributed by atoms with Crippen LogP contribution in [0.2, 0.25) is 0 Å². The third kappa shape index (κ3) is 6.08. The predicted molar refractivity (Wildman–Crippen MR) is 109 cm³/mol. The minimum Gasteiger partial charge on any atom is -0.467 e. The molecule has 3 aromatic rings. The molecule has 0 aliphatic heterocycles. The van der Waals surface area contributed by atoms with Gasteiger partial charge in [-0.1, -0.05) is 36.4 Å². The van der Waals surface area contributed by atoms with Crippen LogP contribution in [0.3, 0.4) is 0 Å². The second-order valence-electron chi connectivity index (χ2n) is 7.01. The zero-order valence-corrected chi connectivity index (χ0v) is 16.4. The average molecular weight is 378 g/mol. The number of furan rings is 1. The highest BCUT2D eigenvalue weighted by Crippen LogP contribution is 2.10. The molecule has 5 nitrogen and oxygen atoms in total. The highest BCUT2D eigenvalue weighted by molar-refractivity contribution is 5.94. The van der Waals surface area contributed by atoms with Gasteiger partial charge in [0.2, 0.25) is 0 Å². The summed E-state index contributed by atoms with van der Waals surface area (Å²) >= 11 is 0. The maximum Gasteiger partial charge on any atom is 0.251 e. The van der Waals surface area contributed by atoms with Gasteiger partial charge in [0.05, 0.1) is 12.9 Å². The number of rotatable bonds is 9. The zero-order chi connectivity index (χ0) is 19.8. The molecule has 146 valence electrons. The summed E-state index contributed by atoms with van der Waals surface area (Å²) in [6, 6.07) is 19.5. The molecule has 0 radical (unpaired) electrons. The van der Waals surface area contributed by atoms with Crippen LogP contribution >= 0.6 is 0 Å². The summed E-state index contributed by atoms with van der Waals surface area (Å²) in [6.07, 6.45) is 1.64. The SMILES string of the molecule is CN(C)Cc1ccc(C(=O)NCc2cccc(COCc3ccco3)c2)cc1. The van der Waals surface area contributed by atoms with Crippen molar-refractivity contribution < 1.29 is 13.9 Å². The quantitative estimate of drug-likeness (QED) is 0.612. The van der Waals surface area contributed by atoms with E-state index < -0.39 is 0 Å². The topological polar surface area (TPSA) is 54.7 Å². The average Bonchev–Trinajstić information content (AvgIpc) is 3.20. The lowest BCUT2D eigenvalue weighted by Crippen LogP contribution is -2.22. The molecule has 0 saturated carbocycles. The van der Waals surface area contributed by atoms with Crippen LogP contribution in [0.15, 0.2) is 71.3 Å². The molecular weight excluding hydrogens is 352 g/mol. The molecule has 0 bridgehead atoms. The van der Waals surface area contributed by atoms with E-state index in [-0.39, 0.29) is 5.91 Å². The smallest absolute Gasteiger partial charge is 0.251 e. The van der Waals surface area contributed by atoms with Gasteiger partial charge in [-0.2, -0.15) is 0 Å². The normalized spacial score (nSPS) is 11.0. The molecule has 0 aliphatic rings. The summed E-state index contributed by atoms with van der Waals surface area (Å²) < 4.78 is 10.9. The molecule has 0 atom stereocenters. The second kappa shape index (κ2) is 9.88. The molecule has 5 heteroatoms. The maximum atomic E-state index is 12.4. The number of nitrogens with zero attached hydrogens (tertiary/aromatic N) is 1. The van der Waals surface area contributed by atoms with Gasteiger partial charge in [-0.25, -0.2) is 0 Å². The monoisotopic (exact) mass is 378 g/mol. The molecule has 0 unspecified atom stereocenters. The lowest BCUT2D eigenvalue weighted by Gasteiger charge is -2.11. The van der Waals surface area contributed by atoms with Gasteiger partial charge in [-0.05, 0) is 55.1 Å². The molecule has 0 aliphatic carbocycles. The summed E-state index contributed by atoms with van der Waals surface area (Å²) in [5, 5.41) is 2.98. The van der Waals surface area contributed by atoms with Crippen molar-refractivity contribution in [3.8, 4) is 0 Å². The molecule has 1 amide bonds. The van der Waals surface area contributed by atoms with Crippen LogP contribution in [0.25, 0.3) is 0 Å². The van der Waals surface area contributed by atoms with Crippen LogP contribution in [0.4, 0.5) is 0 Å². The molecule has 2 aromatic carbocycles. The number of hydrogen-bond donors (Lipinski definition) is 1. The Morgan fingerprint density at radius 3 is 2.46 bits per heavy atom. The largest absolute Gasteiger partial charge is 0.467 e. The van der Waals surface area contributed by atoms with Crippen LogP contribution in [-0.4, -0.2) is 24.9 Å². The van der Waals surface area contributed by atoms with Crippen molar-refractivity contribution in [2.45, 2.75) is 26.3 Å². The van der Waals surface area contributed by atoms with Crippen molar-refractivity contribution in [1.82, 2.24) is 10.2 Å². The highest BCUT2D eigenvalue weighted by Gasteiger charge is 2.06. The molecule has 0 spiro atoms. The predicted octanol–water partition coefficient (Wildman–Crippen LogP) is 3.99. The van der Waals surface area contributed by atoms with Gasteiger partial charge in [-0.3, -0.25) is 4.79 Å². The van der Waals surface area contributed by atoms with E-state index in [4.69, 9.17) is 9.15 Å². The first kappa shape index (κ1) is 19.9. The van der Waals surface area contributed by atoms with E-state index in [0.29, 0.717) is 25.3 Å². The van der Waals surface area contributed by atoms with Gasteiger partial charge in [0.15, 0.2) is 0 Å². The van der Waals surface area contributed by atoms with E-state index in [2.05, 4.69) is 10.2 Å². The lowest BCUT2D eigenvalue weighted by molar-refractivity contribution is 0.0928. The van der Waals surface area contributed by atoms with Crippen LogP contribution in [0.1, 0.15) is 32.8 Å². The Balaban J connectivity index is 1.49. The van der Waals surface area contributed by atoms with Crippen LogP contribution < -0.4 is 5.32 Å². The Hall–Kier alpha value is -2.89. The van der Waals surface area contributed by atoms with Crippen molar-refractivity contribution >= 4 is 5.91 Å². The number of nitrogens with one attached hydrogen (secondary N) is 1. The maximum absolute atomic E-state index is 12.4. The van der Waals surface area contributed by atoms with E-state index in [9.17, 15) is 4.79 Å². The molecule has 1 aromatic heterocycles. The first-order chi connectivity index (χ1) is 13.6. The second-order valence-corrected chi connectivity index (χ2v) is 7.01. The van der Waals surface area contributed by atoms with Gasteiger partial charge >= 0.3 is 0 Å². The first-order valence-electron chi connectivity index (χ1n) is 9.30. The minimum atomic E-state index is -0.0733. The van der Waals surface area contributed by atoms with Gasteiger partial charge < -0.3 is 19.4 Å². The van der Waals surface area contributed by atoms with E-state index in [0.717, 1.165) is 23.4 Å². The molecule has 1 heterocycles. The Labute approximate surface area is 165 Å². The van der Waals surface area contributed by atoms with Crippen LogP contribution in [0.5, 0.6) is 0 Å². The first-order valence-corrected chi connectivity index (χ1v) is 9.30. The van der Waals surface area contributed by atoms with E-state index in [1.54, 1.807) is 6.26 Å². The zero-order valence-electron chi connectivity index (χ0n) is 16.4. The number of carbonyl (C=O) groups is 1. The Kier molecular flexibility index (Phi) is 7.00. The fourth-order valence-corrected chi connectivity index (χ4v) is 2.90. The molecule has 0 saturated heterocycles. The summed E-state index contributed by atoms with van der Waals surface area (Å²) in [5.41, 5.74) is 3.95. The van der Waals surface area contributed by atoms with Gasteiger partial charge in [-0.15, -0.1) is 0 Å². The standard InChI is InChI=1S/C23H26N2O3/c1-25(2)15-18-8-10-21(11-9-18)23(26)24-14-19-5-3-6-20(13-19)16-27-17-22-7-4-12-28-22/h3-13H,14-17H2,1-2H3,(H,24,26). The van der Waals surface area contributed by atoms with Crippen molar-refractivity contribution in [2.24, 2.45) is 0 Å². The van der Waals surface area contributed by atoms with E-state index in [1.165, 1.54) is 5.56 Å². The third-order valence-electron chi connectivity index (χ3n) is 4.25. The number of benzene rings is 2. The van der Waals surface area contributed by atoms with Crippen LogP contribution in [-0.2, 0) is 31.0 Å². The molecule has 1 N–H and O–H groups in total. The molecular formula is C23H26N2O3. The number of hydrogen-bond acceptors (Lipinski definition) is 4. The van der Waals surface area contributed by atoms with Crippen molar-refractivity contribution in [3.05, 3.63) is 94.9 Å². The Morgan fingerprint density at radius 1 is 0.964 bits per heavy atom. The summed E-state index contributed by atoms with van der Waals surface area (Å²) in [4.78, 5) is 14.5.